The summed E-state index contributed by atoms with van der Waals surface area (Å²) in [4.78, 5) is 0. The highest BCUT2D eigenvalue weighted by atomic mass is 16.3. The van der Waals surface area contributed by atoms with Crippen molar-refractivity contribution in [3.8, 4) is 11.3 Å². The first kappa shape index (κ1) is 11.5. The minimum atomic E-state index is 0.500. The summed E-state index contributed by atoms with van der Waals surface area (Å²) >= 11 is 0. The van der Waals surface area contributed by atoms with Crippen molar-refractivity contribution in [3.05, 3.63) is 29.8 Å². The van der Waals surface area contributed by atoms with Crippen LogP contribution in [0, 0.1) is 6.92 Å². The molecule has 1 aliphatic rings. The van der Waals surface area contributed by atoms with Gasteiger partial charge < -0.3 is 9.73 Å². The molecule has 0 aromatic carbocycles. The molecule has 1 atom stereocenters. The van der Waals surface area contributed by atoms with E-state index in [1.807, 2.05) is 30.8 Å². The summed E-state index contributed by atoms with van der Waals surface area (Å²) in [5.41, 5.74) is 2.30. The van der Waals surface area contributed by atoms with Gasteiger partial charge in [0, 0.05) is 25.7 Å². The lowest BCUT2D eigenvalue weighted by atomic mass is 9.93. The van der Waals surface area contributed by atoms with Crippen molar-refractivity contribution in [3.63, 3.8) is 0 Å². The molecule has 0 radical (unpaired) electrons. The van der Waals surface area contributed by atoms with Gasteiger partial charge in [-0.05, 0) is 38.4 Å². The Labute approximate surface area is 107 Å². The van der Waals surface area contributed by atoms with Gasteiger partial charge in [-0.15, -0.1) is 0 Å². The topological polar surface area (TPSA) is 43.0 Å². The first-order valence-corrected chi connectivity index (χ1v) is 6.55. The molecular weight excluding hydrogens is 226 g/mol. The van der Waals surface area contributed by atoms with Crippen molar-refractivity contribution >= 4 is 0 Å². The first-order chi connectivity index (χ1) is 8.74. The molecule has 4 heteroatoms. The van der Waals surface area contributed by atoms with Crippen LogP contribution in [0.2, 0.25) is 0 Å². The van der Waals surface area contributed by atoms with Crippen molar-refractivity contribution in [2.45, 2.75) is 25.7 Å². The molecule has 1 saturated heterocycles. The molecule has 18 heavy (non-hydrogen) atoms. The lowest BCUT2D eigenvalue weighted by molar-refractivity contribution is 0.451. The van der Waals surface area contributed by atoms with E-state index < -0.39 is 0 Å². The van der Waals surface area contributed by atoms with Gasteiger partial charge in [-0.2, -0.15) is 5.10 Å². The summed E-state index contributed by atoms with van der Waals surface area (Å²) in [6.07, 6.45) is 4.48. The Morgan fingerprint density at radius 3 is 3.00 bits per heavy atom. The monoisotopic (exact) mass is 245 g/mol. The second-order valence-corrected chi connectivity index (χ2v) is 5.06. The van der Waals surface area contributed by atoms with Crippen LogP contribution >= 0.6 is 0 Å². The molecule has 0 spiro atoms. The van der Waals surface area contributed by atoms with E-state index in [1.54, 1.807) is 0 Å². The minimum Gasteiger partial charge on any atom is -0.461 e. The van der Waals surface area contributed by atoms with Crippen LogP contribution in [0.3, 0.4) is 0 Å². The summed E-state index contributed by atoms with van der Waals surface area (Å²) < 4.78 is 7.63. The second kappa shape index (κ2) is 4.61. The Morgan fingerprint density at radius 1 is 1.44 bits per heavy atom. The summed E-state index contributed by atoms with van der Waals surface area (Å²) in [5, 5.41) is 8.08. The lowest BCUT2D eigenvalue weighted by Crippen LogP contribution is -2.28. The Kier molecular flexibility index (Phi) is 2.96. The Hall–Kier alpha value is -1.55. The zero-order valence-corrected chi connectivity index (χ0v) is 10.9. The largest absolute Gasteiger partial charge is 0.461 e. The predicted octanol–water partition coefficient (Wildman–Crippen LogP) is 2.46. The van der Waals surface area contributed by atoms with E-state index in [1.165, 1.54) is 18.5 Å². The van der Waals surface area contributed by atoms with Crippen molar-refractivity contribution in [1.29, 1.82) is 0 Å². The van der Waals surface area contributed by atoms with Gasteiger partial charge in [0.25, 0.3) is 0 Å². The predicted molar refractivity (Wildman–Crippen MR) is 70.5 cm³/mol. The van der Waals surface area contributed by atoms with Gasteiger partial charge in [0.1, 0.15) is 11.5 Å². The number of rotatable bonds is 2. The molecule has 2 aromatic heterocycles. The highest BCUT2D eigenvalue weighted by Gasteiger charge is 2.23. The van der Waals surface area contributed by atoms with Crippen LogP contribution in [0.5, 0.6) is 0 Å². The Morgan fingerprint density at radius 2 is 2.33 bits per heavy atom. The van der Waals surface area contributed by atoms with Crippen LogP contribution < -0.4 is 5.32 Å². The molecule has 1 unspecified atom stereocenters. The summed E-state index contributed by atoms with van der Waals surface area (Å²) in [7, 11) is 1.97. The third-order valence-corrected chi connectivity index (χ3v) is 3.55. The van der Waals surface area contributed by atoms with E-state index in [0.717, 1.165) is 30.2 Å². The molecular formula is C14H19N3O. The number of piperidine rings is 1. The fourth-order valence-electron chi connectivity index (χ4n) is 2.66. The van der Waals surface area contributed by atoms with Gasteiger partial charge in [-0.1, -0.05) is 0 Å². The van der Waals surface area contributed by atoms with Gasteiger partial charge in [-0.3, -0.25) is 4.68 Å². The quantitative estimate of drug-likeness (QED) is 0.883. The highest BCUT2D eigenvalue weighted by molar-refractivity contribution is 5.60. The summed E-state index contributed by atoms with van der Waals surface area (Å²) in [6.45, 7) is 4.12. The van der Waals surface area contributed by atoms with E-state index in [9.17, 15) is 0 Å². The molecule has 1 N–H and O–H groups in total. The van der Waals surface area contributed by atoms with Gasteiger partial charge in [-0.25, -0.2) is 0 Å². The maximum atomic E-state index is 5.74. The molecule has 0 amide bonds. The molecule has 1 aliphatic heterocycles. The maximum Gasteiger partial charge on any atom is 0.137 e. The molecule has 4 nitrogen and oxygen atoms in total. The molecule has 3 heterocycles. The molecule has 3 rings (SSSR count). The SMILES string of the molecule is Cc1ccc(-c2cn(C)nc2C2CCCNC2)o1. The van der Waals surface area contributed by atoms with E-state index in [4.69, 9.17) is 4.42 Å². The zero-order valence-electron chi connectivity index (χ0n) is 10.9. The normalized spacial score (nSPS) is 20.2. The third kappa shape index (κ3) is 2.08. The van der Waals surface area contributed by atoms with Gasteiger partial charge in [0.15, 0.2) is 0 Å². The fraction of sp³-hybridized carbons (Fsp3) is 0.500. The molecule has 96 valence electrons. The molecule has 0 bridgehead atoms. The van der Waals surface area contributed by atoms with Crippen molar-refractivity contribution in [2.75, 3.05) is 13.1 Å². The zero-order chi connectivity index (χ0) is 12.5. The van der Waals surface area contributed by atoms with E-state index in [0.29, 0.717) is 5.92 Å². The van der Waals surface area contributed by atoms with E-state index >= 15 is 0 Å². The highest BCUT2D eigenvalue weighted by Crippen LogP contribution is 2.32. The third-order valence-electron chi connectivity index (χ3n) is 3.55. The molecule has 0 saturated carbocycles. The van der Waals surface area contributed by atoms with E-state index in [-0.39, 0.29) is 0 Å². The first-order valence-electron chi connectivity index (χ1n) is 6.55. The van der Waals surface area contributed by atoms with Crippen LogP contribution in [0.1, 0.15) is 30.2 Å². The number of nitrogens with one attached hydrogen (secondary N) is 1. The fourth-order valence-corrected chi connectivity index (χ4v) is 2.66. The number of aromatic nitrogens is 2. The maximum absolute atomic E-state index is 5.74. The summed E-state index contributed by atoms with van der Waals surface area (Å²) in [6, 6.07) is 4.04. The van der Waals surface area contributed by atoms with Crippen LogP contribution in [0.15, 0.2) is 22.7 Å². The van der Waals surface area contributed by atoms with Gasteiger partial charge >= 0.3 is 0 Å². The van der Waals surface area contributed by atoms with Crippen LogP contribution in [-0.4, -0.2) is 22.9 Å². The molecule has 1 fully saturated rings. The Balaban J connectivity index is 1.98. The van der Waals surface area contributed by atoms with Crippen LogP contribution in [0.25, 0.3) is 11.3 Å². The molecule has 0 aliphatic carbocycles. The van der Waals surface area contributed by atoms with Crippen LogP contribution in [0.4, 0.5) is 0 Å². The number of nitrogens with zero attached hydrogens (tertiary/aromatic N) is 2. The Bertz CT molecular complexity index is 535. The molecule has 2 aromatic rings. The lowest BCUT2D eigenvalue weighted by Gasteiger charge is -2.21. The van der Waals surface area contributed by atoms with Gasteiger partial charge in [0.2, 0.25) is 0 Å². The smallest absolute Gasteiger partial charge is 0.137 e. The number of furan rings is 1. The van der Waals surface area contributed by atoms with Crippen molar-refractivity contribution in [2.24, 2.45) is 7.05 Å². The average molecular weight is 245 g/mol. The average Bonchev–Trinajstić information content (AvgIpc) is 2.96. The van der Waals surface area contributed by atoms with Crippen molar-refractivity contribution in [1.82, 2.24) is 15.1 Å². The van der Waals surface area contributed by atoms with Gasteiger partial charge in [0.05, 0.1) is 11.3 Å². The number of hydrogen-bond donors (Lipinski definition) is 1. The second-order valence-electron chi connectivity index (χ2n) is 5.06. The summed E-state index contributed by atoms with van der Waals surface area (Å²) in [5.74, 6) is 2.38. The minimum absolute atomic E-state index is 0.500. The van der Waals surface area contributed by atoms with Crippen LogP contribution in [-0.2, 0) is 7.05 Å². The van der Waals surface area contributed by atoms with E-state index in [2.05, 4.69) is 16.6 Å². The number of hydrogen-bond acceptors (Lipinski definition) is 3. The standard InChI is InChI=1S/C14H19N3O/c1-10-5-6-13(18-10)12-9-17(2)16-14(12)11-4-3-7-15-8-11/h5-6,9,11,15H,3-4,7-8H2,1-2H3. The van der Waals surface area contributed by atoms with Crippen molar-refractivity contribution < 1.29 is 4.42 Å². The number of aryl methyl sites for hydroxylation is 2.